The third-order valence-electron chi connectivity index (χ3n) is 4.00. The van der Waals surface area contributed by atoms with E-state index in [0.29, 0.717) is 0 Å². The first kappa shape index (κ1) is 22.9. The van der Waals surface area contributed by atoms with Gasteiger partial charge >= 0.3 is 13.6 Å². The van der Waals surface area contributed by atoms with E-state index in [1.165, 1.54) is 0 Å². The SMILES string of the molecule is CCCCc1nc(CC(C(=O)O)P(=O)(OCC)OCC)oc1CCCC. The number of aliphatic carboxylic acids is 1. The molecule has 0 bridgehead atoms. The summed E-state index contributed by atoms with van der Waals surface area (Å²) in [7, 11) is -3.80. The number of aromatic nitrogens is 1. The topological polar surface area (TPSA) is 98.9 Å². The highest BCUT2D eigenvalue weighted by Gasteiger charge is 2.42. The van der Waals surface area contributed by atoms with Crippen LogP contribution in [-0.2, 0) is 37.7 Å². The monoisotopic (exact) mass is 389 g/mol. The summed E-state index contributed by atoms with van der Waals surface area (Å²) in [6, 6.07) is 0. The van der Waals surface area contributed by atoms with Crippen molar-refractivity contribution >= 4 is 13.6 Å². The number of hydrogen-bond donors (Lipinski definition) is 1. The van der Waals surface area contributed by atoms with Crippen LogP contribution in [0.15, 0.2) is 4.42 Å². The number of rotatable bonds is 14. The molecular weight excluding hydrogens is 357 g/mol. The van der Waals surface area contributed by atoms with Gasteiger partial charge < -0.3 is 18.6 Å². The van der Waals surface area contributed by atoms with Gasteiger partial charge in [0.2, 0.25) is 0 Å². The smallest absolute Gasteiger partial charge is 0.345 e. The van der Waals surface area contributed by atoms with Gasteiger partial charge in [0.25, 0.3) is 0 Å². The fourth-order valence-electron chi connectivity index (χ4n) is 2.67. The Morgan fingerprint density at radius 3 is 2.19 bits per heavy atom. The van der Waals surface area contributed by atoms with Crippen molar-refractivity contribution in [2.75, 3.05) is 13.2 Å². The Morgan fingerprint density at radius 1 is 1.12 bits per heavy atom. The van der Waals surface area contributed by atoms with Crippen LogP contribution in [0, 0.1) is 0 Å². The van der Waals surface area contributed by atoms with Crippen molar-refractivity contribution in [1.29, 1.82) is 0 Å². The predicted octanol–water partition coefficient (Wildman–Crippen LogP) is 4.62. The summed E-state index contributed by atoms with van der Waals surface area (Å²) >= 11 is 0. The number of nitrogens with zero attached hydrogens (tertiary/aromatic N) is 1. The van der Waals surface area contributed by atoms with Crippen molar-refractivity contribution in [2.45, 2.75) is 78.3 Å². The lowest BCUT2D eigenvalue weighted by atomic mass is 10.1. The quantitative estimate of drug-likeness (QED) is 0.463. The van der Waals surface area contributed by atoms with Crippen LogP contribution < -0.4 is 0 Å². The van der Waals surface area contributed by atoms with Crippen LogP contribution in [0.1, 0.15) is 70.7 Å². The number of carboxylic acid groups (broad SMARTS) is 1. The molecule has 0 aromatic carbocycles. The van der Waals surface area contributed by atoms with Gasteiger partial charge in [-0.2, -0.15) is 0 Å². The van der Waals surface area contributed by atoms with Gasteiger partial charge in [0, 0.05) is 12.8 Å². The van der Waals surface area contributed by atoms with Crippen LogP contribution in [0.5, 0.6) is 0 Å². The molecule has 0 saturated heterocycles. The molecule has 1 aromatic rings. The molecule has 0 amide bonds. The number of aryl methyl sites for hydroxylation is 2. The van der Waals surface area contributed by atoms with Crippen LogP contribution in [-0.4, -0.2) is 34.9 Å². The fraction of sp³-hybridized carbons (Fsp3) is 0.778. The molecule has 0 radical (unpaired) electrons. The maximum atomic E-state index is 12.9. The molecule has 26 heavy (non-hydrogen) atoms. The largest absolute Gasteiger partial charge is 0.481 e. The van der Waals surface area contributed by atoms with Crippen molar-refractivity contribution in [3.8, 4) is 0 Å². The minimum absolute atomic E-state index is 0.107. The molecule has 0 aliphatic rings. The maximum Gasteiger partial charge on any atom is 0.345 e. The zero-order chi connectivity index (χ0) is 19.6. The number of carboxylic acids is 1. The lowest BCUT2D eigenvalue weighted by Gasteiger charge is -2.22. The molecule has 8 heteroatoms. The van der Waals surface area contributed by atoms with E-state index in [0.717, 1.165) is 50.0 Å². The molecule has 1 heterocycles. The van der Waals surface area contributed by atoms with Crippen LogP contribution in [0.4, 0.5) is 0 Å². The average molecular weight is 389 g/mol. The first-order valence-corrected chi connectivity index (χ1v) is 11.1. The van der Waals surface area contributed by atoms with Gasteiger partial charge in [-0.05, 0) is 33.1 Å². The molecule has 1 unspecified atom stereocenters. The molecule has 0 fully saturated rings. The number of unbranched alkanes of at least 4 members (excludes halogenated alkanes) is 2. The van der Waals surface area contributed by atoms with E-state index in [-0.39, 0.29) is 25.5 Å². The summed E-state index contributed by atoms with van der Waals surface area (Å²) in [4.78, 5) is 16.2. The molecule has 7 nitrogen and oxygen atoms in total. The van der Waals surface area contributed by atoms with Gasteiger partial charge in [0.05, 0.1) is 18.9 Å². The molecular formula is C18H32NO6P. The Balaban J connectivity index is 3.08. The highest BCUT2D eigenvalue weighted by molar-refractivity contribution is 7.55. The normalized spacial score (nSPS) is 13.1. The zero-order valence-corrected chi connectivity index (χ0v) is 17.2. The van der Waals surface area contributed by atoms with Gasteiger partial charge in [0.15, 0.2) is 11.5 Å². The second-order valence-electron chi connectivity index (χ2n) is 6.12. The Morgan fingerprint density at radius 2 is 1.69 bits per heavy atom. The number of oxazole rings is 1. The van der Waals surface area contributed by atoms with Gasteiger partial charge in [-0.1, -0.05) is 26.7 Å². The average Bonchev–Trinajstić information content (AvgIpc) is 2.97. The third kappa shape index (κ3) is 6.53. The molecule has 1 N–H and O–H groups in total. The fourth-order valence-corrected chi connectivity index (χ4v) is 4.48. The van der Waals surface area contributed by atoms with Crippen LogP contribution in [0.2, 0.25) is 0 Å². The zero-order valence-electron chi connectivity index (χ0n) is 16.3. The van der Waals surface area contributed by atoms with Crippen LogP contribution >= 0.6 is 7.60 Å². The molecule has 1 aromatic heterocycles. The number of hydrogen-bond acceptors (Lipinski definition) is 6. The third-order valence-corrected chi connectivity index (χ3v) is 6.40. The Hall–Kier alpha value is -1.17. The highest BCUT2D eigenvalue weighted by Crippen LogP contribution is 2.54. The second kappa shape index (κ2) is 11.5. The summed E-state index contributed by atoms with van der Waals surface area (Å²) in [5.41, 5.74) is -0.457. The van der Waals surface area contributed by atoms with Gasteiger partial charge in [-0.15, -0.1) is 0 Å². The first-order chi connectivity index (χ1) is 12.4. The summed E-state index contributed by atoms with van der Waals surface area (Å²) in [6.45, 7) is 7.73. The Kier molecular flexibility index (Phi) is 10.1. The highest BCUT2D eigenvalue weighted by atomic mass is 31.2. The lowest BCUT2D eigenvalue weighted by Crippen LogP contribution is -2.26. The summed E-state index contributed by atoms with van der Waals surface area (Å²) in [5, 5.41) is 9.58. The number of carbonyl (C=O) groups is 1. The van der Waals surface area contributed by atoms with E-state index in [1.807, 2.05) is 0 Å². The van der Waals surface area contributed by atoms with Gasteiger partial charge in [-0.25, -0.2) is 4.98 Å². The Labute approximate surface area is 156 Å². The van der Waals surface area contributed by atoms with Crippen molar-refractivity contribution in [3.05, 3.63) is 17.3 Å². The Bertz CT molecular complexity index is 565. The molecule has 150 valence electrons. The first-order valence-electron chi connectivity index (χ1n) is 9.50. The summed E-state index contributed by atoms with van der Waals surface area (Å²) < 4.78 is 29.2. The standard InChI is InChI=1S/C18H32NO6P/c1-5-9-11-14-15(12-10-6-2)25-17(19-14)13-16(18(20)21)26(22,23-7-3)24-8-4/h16H,5-13H2,1-4H3,(H,20,21). The van der Waals surface area contributed by atoms with Crippen molar-refractivity contribution in [1.82, 2.24) is 4.98 Å². The van der Waals surface area contributed by atoms with E-state index in [4.69, 9.17) is 13.5 Å². The molecule has 0 spiro atoms. The minimum Gasteiger partial charge on any atom is -0.481 e. The van der Waals surface area contributed by atoms with E-state index >= 15 is 0 Å². The molecule has 0 aliphatic heterocycles. The summed E-state index contributed by atoms with van der Waals surface area (Å²) in [6.07, 6.45) is 5.50. The van der Waals surface area contributed by atoms with E-state index < -0.39 is 19.2 Å². The van der Waals surface area contributed by atoms with Crippen molar-refractivity contribution in [3.63, 3.8) is 0 Å². The predicted molar refractivity (Wildman–Crippen MR) is 99.7 cm³/mol. The van der Waals surface area contributed by atoms with Crippen molar-refractivity contribution < 1.29 is 27.9 Å². The maximum absolute atomic E-state index is 12.9. The molecule has 1 rings (SSSR count). The van der Waals surface area contributed by atoms with Gasteiger partial charge in [-0.3, -0.25) is 9.36 Å². The molecule has 1 atom stereocenters. The second-order valence-corrected chi connectivity index (χ2v) is 8.34. The van der Waals surface area contributed by atoms with Gasteiger partial charge in [0.1, 0.15) is 5.76 Å². The molecule has 0 saturated carbocycles. The summed E-state index contributed by atoms with van der Waals surface area (Å²) in [5.74, 6) is -0.144. The van der Waals surface area contributed by atoms with Crippen molar-refractivity contribution in [2.24, 2.45) is 0 Å². The lowest BCUT2D eigenvalue weighted by molar-refractivity contribution is -0.137. The minimum atomic E-state index is -3.80. The van der Waals surface area contributed by atoms with E-state index in [1.54, 1.807) is 13.8 Å². The van der Waals surface area contributed by atoms with E-state index in [2.05, 4.69) is 18.8 Å². The van der Waals surface area contributed by atoms with E-state index in [9.17, 15) is 14.5 Å². The van der Waals surface area contributed by atoms with Crippen LogP contribution in [0.25, 0.3) is 0 Å². The molecule has 0 aliphatic carbocycles. The van der Waals surface area contributed by atoms with Crippen LogP contribution in [0.3, 0.4) is 0 Å².